The van der Waals surface area contributed by atoms with Crippen LogP contribution in [0.1, 0.15) is 40.8 Å². The molecule has 1 heterocycles. The number of nitrogens with zero attached hydrogens (tertiary/aromatic N) is 2. The maximum atomic E-state index is 12.9. The molecule has 128 valence electrons. The lowest BCUT2D eigenvalue weighted by molar-refractivity contribution is -0.133. The average Bonchev–Trinajstić information content (AvgIpc) is 2.63. The van der Waals surface area contributed by atoms with E-state index in [1.807, 2.05) is 24.0 Å². The van der Waals surface area contributed by atoms with Crippen molar-refractivity contribution in [2.24, 2.45) is 5.73 Å². The van der Waals surface area contributed by atoms with Crippen LogP contribution in [0.3, 0.4) is 0 Å². The van der Waals surface area contributed by atoms with E-state index in [-0.39, 0.29) is 18.4 Å². The molecule has 1 amide bonds. The highest BCUT2D eigenvalue weighted by Crippen LogP contribution is 2.32. The first-order valence-electron chi connectivity index (χ1n) is 8.34. The van der Waals surface area contributed by atoms with Gasteiger partial charge < -0.3 is 10.6 Å². The SMILES string of the molecule is C[C@H]1c2cccc(CN)c2CCN1C(=O)Cc1c(Cl)cccc1C#N. The van der Waals surface area contributed by atoms with E-state index in [2.05, 4.69) is 12.1 Å². The van der Waals surface area contributed by atoms with Crippen LogP contribution in [0.4, 0.5) is 0 Å². The van der Waals surface area contributed by atoms with Gasteiger partial charge in [0.25, 0.3) is 0 Å². The third-order valence-corrected chi connectivity index (χ3v) is 5.29. The Labute approximate surface area is 152 Å². The number of carbonyl (C=O) groups is 1. The minimum Gasteiger partial charge on any atom is -0.335 e. The van der Waals surface area contributed by atoms with Gasteiger partial charge in [-0.3, -0.25) is 4.79 Å². The van der Waals surface area contributed by atoms with Crippen LogP contribution < -0.4 is 5.73 Å². The lowest BCUT2D eigenvalue weighted by atomic mass is 9.89. The zero-order valence-electron chi connectivity index (χ0n) is 14.1. The summed E-state index contributed by atoms with van der Waals surface area (Å²) in [5.41, 5.74) is 10.5. The molecule has 2 N–H and O–H groups in total. The van der Waals surface area contributed by atoms with Gasteiger partial charge >= 0.3 is 0 Å². The number of hydrogen-bond acceptors (Lipinski definition) is 3. The van der Waals surface area contributed by atoms with E-state index < -0.39 is 0 Å². The minimum atomic E-state index is -0.0178. The van der Waals surface area contributed by atoms with Crippen molar-refractivity contribution >= 4 is 17.5 Å². The average molecular weight is 354 g/mol. The molecule has 0 saturated carbocycles. The van der Waals surface area contributed by atoms with Crippen molar-refractivity contribution in [1.29, 1.82) is 5.26 Å². The lowest BCUT2D eigenvalue weighted by Gasteiger charge is -2.36. The summed E-state index contributed by atoms with van der Waals surface area (Å²) in [7, 11) is 0. The second-order valence-electron chi connectivity index (χ2n) is 6.26. The summed E-state index contributed by atoms with van der Waals surface area (Å²) in [6.45, 7) is 3.19. The maximum Gasteiger partial charge on any atom is 0.227 e. The van der Waals surface area contributed by atoms with Gasteiger partial charge in [-0.15, -0.1) is 0 Å². The summed E-state index contributed by atoms with van der Waals surface area (Å²) in [5.74, 6) is -0.0131. The van der Waals surface area contributed by atoms with Gasteiger partial charge in [-0.05, 0) is 47.7 Å². The molecule has 0 saturated heterocycles. The highest BCUT2D eigenvalue weighted by Gasteiger charge is 2.29. The number of halogens is 1. The molecule has 25 heavy (non-hydrogen) atoms. The van der Waals surface area contributed by atoms with Gasteiger partial charge in [-0.2, -0.15) is 5.26 Å². The first-order valence-corrected chi connectivity index (χ1v) is 8.72. The molecule has 0 aromatic heterocycles. The minimum absolute atomic E-state index is 0.0131. The normalized spacial score (nSPS) is 16.2. The first kappa shape index (κ1) is 17.5. The summed E-state index contributed by atoms with van der Waals surface area (Å²) < 4.78 is 0. The molecule has 4 nitrogen and oxygen atoms in total. The van der Waals surface area contributed by atoms with Crippen molar-refractivity contribution in [3.63, 3.8) is 0 Å². The lowest BCUT2D eigenvalue weighted by Crippen LogP contribution is -2.40. The van der Waals surface area contributed by atoms with Crippen LogP contribution in [0, 0.1) is 11.3 Å². The van der Waals surface area contributed by atoms with E-state index in [4.69, 9.17) is 17.3 Å². The van der Waals surface area contributed by atoms with Crippen LogP contribution in [0.15, 0.2) is 36.4 Å². The van der Waals surface area contributed by atoms with Crippen molar-refractivity contribution in [1.82, 2.24) is 4.90 Å². The molecule has 0 aliphatic carbocycles. The fourth-order valence-corrected chi connectivity index (χ4v) is 3.81. The van der Waals surface area contributed by atoms with E-state index in [0.717, 1.165) is 17.5 Å². The van der Waals surface area contributed by atoms with Gasteiger partial charge in [0.15, 0.2) is 0 Å². The fraction of sp³-hybridized carbons (Fsp3) is 0.300. The molecular formula is C20H20ClN3O. The Morgan fingerprint density at radius 2 is 2.12 bits per heavy atom. The van der Waals surface area contributed by atoms with Crippen molar-refractivity contribution < 1.29 is 4.79 Å². The zero-order chi connectivity index (χ0) is 18.0. The van der Waals surface area contributed by atoms with Crippen LogP contribution in [0.25, 0.3) is 0 Å². The number of hydrogen-bond donors (Lipinski definition) is 1. The second kappa shape index (κ2) is 7.26. The number of carbonyl (C=O) groups excluding carboxylic acids is 1. The highest BCUT2D eigenvalue weighted by atomic mass is 35.5. The summed E-state index contributed by atoms with van der Waals surface area (Å²) >= 11 is 6.21. The summed E-state index contributed by atoms with van der Waals surface area (Å²) in [5, 5.41) is 9.72. The summed E-state index contributed by atoms with van der Waals surface area (Å²) in [6.07, 6.45) is 0.936. The number of benzene rings is 2. The monoisotopic (exact) mass is 353 g/mol. The van der Waals surface area contributed by atoms with Crippen molar-refractivity contribution in [3.8, 4) is 6.07 Å². The topological polar surface area (TPSA) is 70.1 Å². The summed E-state index contributed by atoms with van der Waals surface area (Å²) in [6, 6.07) is 13.3. The Hall–Kier alpha value is -2.35. The molecular weight excluding hydrogens is 334 g/mol. The molecule has 5 heteroatoms. The van der Waals surface area contributed by atoms with E-state index >= 15 is 0 Å². The predicted octanol–water partition coefficient (Wildman–Crippen LogP) is 3.36. The Morgan fingerprint density at radius 3 is 2.84 bits per heavy atom. The van der Waals surface area contributed by atoms with Crippen LogP contribution in [-0.4, -0.2) is 17.4 Å². The van der Waals surface area contributed by atoms with Gasteiger partial charge in [0.2, 0.25) is 5.91 Å². The Balaban J connectivity index is 1.86. The number of nitriles is 1. The second-order valence-corrected chi connectivity index (χ2v) is 6.66. The van der Waals surface area contributed by atoms with Gasteiger partial charge in [-0.25, -0.2) is 0 Å². The third-order valence-electron chi connectivity index (χ3n) is 4.94. The van der Waals surface area contributed by atoms with Crippen molar-refractivity contribution in [2.45, 2.75) is 32.4 Å². The van der Waals surface area contributed by atoms with E-state index in [9.17, 15) is 10.1 Å². The van der Waals surface area contributed by atoms with Crippen LogP contribution in [0.2, 0.25) is 5.02 Å². The fourth-order valence-electron chi connectivity index (χ4n) is 3.57. The molecule has 3 rings (SSSR count). The molecule has 0 bridgehead atoms. The van der Waals surface area contributed by atoms with Gasteiger partial charge in [0, 0.05) is 18.1 Å². The summed E-state index contributed by atoms with van der Waals surface area (Å²) in [4.78, 5) is 14.8. The molecule has 1 aliphatic heterocycles. The van der Waals surface area contributed by atoms with Crippen molar-refractivity contribution in [3.05, 3.63) is 69.2 Å². The Kier molecular flexibility index (Phi) is 5.08. The molecule has 0 unspecified atom stereocenters. The number of nitrogens with two attached hydrogens (primary N) is 1. The highest BCUT2D eigenvalue weighted by molar-refractivity contribution is 6.31. The van der Waals surface area contributed by atoms with Gasteiger partial charge in [0.1, 0.15) is 0 Å². The largest absolute Gasteiger partial charge is 0.335 e. The van der Waals surface area contributed by atoms with Crippen LogP contribution in [0.5, 0.6) is 0 Å². The number of amides is 1. The molecule has 0 radical (unpaired) electrons. The Morgan fingerprint density at radius 1 is 1.36 bits per heavy atom. The van der Waals surface area contributed by atoms with Crippen LogP contribution >= 0.6 is 11.6 Å². The quantitative estimate of drug-likeness (QED) is 0.919. The molecule has 2 aromatic carbocycles. The van der Waals surface area contributed by atoms with Gasteiger partial charge in [-0.1, -0.05) is 35.9 Å². The standard InChI is InChI=1S/C20H20ClN3O/c1-13-16-6-2-4-14(11-22)17(16)8-9-24(13)20(25)10-18-15(12-23)5-3-7-19(18)21/h2-7,13H,8-11,22H2,1H3/t13-/m0/s1. The molecule has 2 aromatic rings. The molecule has 0 spiro atoms. The Bertz CT molecular complexity index is 857. The van der Waals surface area contributed by atoms with Crippen molar-refractivity contribution in [2.75, 3.05) is 6.54 Å². The zero-order valence-corrected chi connectivity index (χ0v) is 14.9. The van der Waals surface area contributed by atoms with E-state index in [0.29, 0.717) is 29.2 Å². The maximum absolute atomic E-state index is 12.9. The molecule has 0 fully saturated rings. The predicted molar refractivity (Wildman–Crippen MR) is 98.0 cm³/mol. The number of fused-ring (bicyclic) bond motifs is 1. The van der Waals surface area contributed by atoms with Crippen LogP contribution in [-0.2, 0) is 24.2 Å². The van der Waals surface area contributed by atoms with E-state index in [1.54, 1.807) is 18.2 Å². The first-order chi connectivity index (χ1) is 12.1. The number of rotatable bonds is 3. The third kappa shape index (κ3) is 3.26. The molecule has 1 atom stereocenters. The van der Waals surface area contributed by atoms with E-state index in [1.165, 1.54) is 5.56 Å². The molecule has 1 aliphatic rings. The van der Waals surface area contributed by atoms with Gasteiger partial charge in [0.05, 0.1) is 24.1 Å². The smallest absolute Gasteiger partial charge is 0.227 e.